The third-order valence-electron chi connectivity index (χ3n) is 2.94. The lowest BCUT2D eigenvalue weighted by atomic mass is 10.2. The standard InChI is InChI=1S/C14H15ClFNO2S/c1-2-5-17(6-7-18)14(19)13-12(15)10-4-3-9(16)8-11(10)20-13/h3-4,8,18H,2,5-7H2,1H3. The molecule has 2 aromatic rings. The molecule has 0 saturated carbocycles. The predicted molar refractivity (Wildman–Crippen MR) is 80.1 cm³/mol. The fourth-order valence-corrected chi connectivity index (χ4v) is 3.53. The highest BCUT2D eigenvalue weighted by Gasteiger charge is 2.22. The topological polar surface area (TPSA) is 40.5 Å². The number of amides is 1. The van der Waals surface area contributed by atoms with Crippen molar-refractivity contribution in [3.8, 4) is 0 Å². The quantitative estimate of drug-likeness (QED) is 0.917. The minimum absolute atomic E-state index is 0.0944. The van der Waals surface area contributed by atoms with Crippen LogP contribution in [0.1, 0.15) is 23.0 Å². The third kappa shape index (κ3) is 2.95. The lowest BCUT2D eigenvalue weighted by Crippen LogP contribution is -2.33. The molecule has 0 aliphatic rings. The summed E-state index contributed by atoms with van der Waals surface area (Å²) in [5, 5.41) is 10.1. The van der Waals surface area contributed by atoms with Crippen molar-refractivity contribution in [1.29, 1.82) is 0 Å². The first kappa shape index (κ1) is 15.2. The molecular weight excluding hydrogens is 301 g/mol. The molecule has 0 spiro atoms. The Morgan fingerprint density at radius 1 is 1.45 bits per heavy atom. The number of thiophene rings is 1. The van der Waals surface area contributed by atoms with Crippen molar-refractivity contribution < 1.29 is 14.3 Å². The van der Waals surface area contributed by atoms with E-state index in [1.807, 2.05) is 6.92 Å². The first-order valence-electron chi connectivity index (χ1n) is 6.36. The summed E-state index contributed by atoms with van der Waals surface area (Å²) in [5.41, 5.74) is 0. The number of aliphatic hydroxyl groups excluding tert-OH is 1. The molecule has 2 rings (SSSR count). The third-order valence-corrected chi connectivity index (χ3v) is 4.58. The van der Waals surface area contributed by atoms with Gasteiger partial charge in [0.2, 0.25) is 0 Å². The van der Waals surface area contributed by atoms with Gasteiger partial charge in [0, 0.05) is 23.2 Å². The van der Waals surface area contributed by atoms with Gasteiger partial charge in [0.25, 0.3) is 5.91 Å². The van der Waals surface area contributed by atoms with Crippen LogP contribution in [0, 0.1) is 5.82 Å². The van der Waals surface area contributed by atoms with Gasteiger partial charge in [-0.05, 0) is 24.6 Å². The van der Waals surface area contributed by atoms with Crippen molar-refractivity contribution in [2.24, 2.45) is 0 Å². The molecule has 0 fully saturated rings. The second-order valence-corrected chi connectivity index (χ2v) is 5.83. The van der Waals surface area contributed by atoms with Gasteiger partial charge in [-0.3, -0.25) is 4.79 Å². The van der Waals surface area contributed by atoms with Gasteiger partial charge in [-0.15, -0.1) is 11.3 Å². The maximum absolute atomic E-state index is 13.2. The Balaban J connectivity index is 2.40. The predicted octanol–water partition coefficient (Wildman–Crippen LogP) is 3.54. The van der Waals surface area contributed by atoms with Gasteiger partial charge < -0.3 is 10.0 Å². The summed E-state index contributed by atoms with van der Waals surface area (Å²) >= 11 is 7.41. The smallest absolute Gasteiger partial charge is 0.265 e. The molecule has 20 heavy (non-hydrogen) atoms. The van der Waals surface area contributed by atoms with Crippen molar-refractivity contribution in [2.75, 3.05) is 19.7 Å². The highest BCUT2D eigenvalue weighted by Crippen LogP contribution is 2.36. The summed E-state index contributed by atoms with van der Waals surface area (Å²) in [6.07, 6.45) is 0.795. The van der Waals surface area contributed by atoms with E-state index in [0.717, 1.165) is 6.42 Å². The van der Waals surface area contributed by atoms with E-state index in [-0.39, 0.29) is 24.9 Å². The molecule has 0 unspecified atom stereocenters. The fraction of sp³-hybridized carbons (Fsp3) is 0.357. The second kappa shape index (κ2) is 6.52. The summed E-state index contributed by atoms with van der Waals surface area (Å²) < 4.78 is 13.9. The van der Waals surface area contributed by atoms with Gasteiger partial charge in [0.05, 0.1) is 11.6 Å². The Kier molecular flexibility index (Phi) is 4.96. The molecule has 0 aliphatic carbocycles. The van der Waals surface area contributed by atoms with E-state index in [2.05, 4.69) is 0 Å². The normalized spacial score (nSPS) is 11.0. The number of carbonyl (C=O) groups excluding carboxylic acids is 1. The summed E-state index contributed by atoms with van der Waals surface area (Å²) in [7, 11) is 0. The molecule has 0 bridgehead atoms. The van der Waals surface area contributed by atoms with Gasteiger partial charge in [-0.1, -0.05) is 18.5 Å². The zero-order chi connectivity index (χ0) is 14.7. The monoisotopic (exact) mass is 315 g/mol. The Morgan fingerprint density at radius 2 is 2.20 bits per heavy atom. The number of fused-ring (bicyclic) bond motifs is 1. The molecule has 1 aromatic heterocycles. The number of hydrogen-bond donors (Lipinski definition) is 1. The number of rotatable bonds is 5. The Hall–Kier alpha value is -1.17. The number of aliphatic hydroxyl groups is 1. The van der Waals surface area contributed by atoms with Crippen molar-refractivity contribution in [3.63, 3.8) is 0 Å². The number of halogens is 2. The molecule has 3 nitrogen and oxygen atoms in total. The largest absolute Gasteiger partial charge is 0.395 e. The number of hydrogen-bond acceptors (Lipinski definition) is 3. The maximum atomic E-state index is 13.2. The Labute approximate surface area is 125 Å². The van der Waals surface area contributed by atoms with Crippen molar-refractivity contribution in [2.45, 2.75) is 13.3 Å². The minimum Gasteiger partial charge on any atom is -0.395 e. The number of carbonyl (C=O) groups is 1. The lowest BCUT2D eigenvalue weighted by Gasteiger charge is -2.20. The van der Waals surface area contributed by atoms with Crippen LogP contribution in [-0.2, 0) is 0 Å². The molecule has 1 heterocycles. The van der Waals surface area contributed by atoms with Crippen molar-refractivity contribution in [1.82, 2.24) is 4.90 Å². The SMILES string of the molecule is CCCN(CCO)C(=O)c1sc2cc(F)ccc2c1Cl. The van der Waals surface area contributed by atoms with Crippen LogP contribution in [-0.4, -0.2) is 35.6 Å². The molecule has 0 aliphatic heterocycles. The number of nitrogens with zero attached hydrogens (tertiary/aromatic N) is 1. The van der Waals surface area contributed by atoms with E-state index in [1.54, 1.807) is 11.0 Å². The molecule has 108 valence electrons. The van der Waals surface area contributed by atoms with E-state index in [1.165, 1.54) is 23.5 Å². The average molecular weight is 316 g/mol. The fourth-order valence-electron chi connectivity index (χ4n) is 2.03. The van der Waals surface area contributed by atoms with E-state index in [9.17, 15) is 9.18 Å². The summed E-state index contributed by atoms with van der Waals surface area (Å²) in [6.45, 7) is 2.69. The maximum Gasteiger partial charge on any atom is 0.265 e. The van der Waals surface area contributed by atoms with E-state index in [0.29, 0.717) is 26.5 Å². The van der Waals surface area contributed by atoms with Gasteiger partial charge in [0.15, 0.2) is 0 Å². The summed E-state index contributed by atoms with van der Waals surface area (Å²) in [6, 6.07) is 4.28. The lowest BCUT2D eigenvalue weighted by molar-refractivity contribution is 0.0727. The first-order valence-corrected chi connectivity index (χ1v) is 7.55. The van der Waals surface area contributed by atoms with Crippen LogP contribution in [0.3, 0.4) is 0 Å². The highest BCUT2D eigenvalue weighted by molar-refractivity contribution is 7.21. The Bertz CT molecular complexity index is 623. The average Bonchev–Trinajstić information content (AvgIpc) is 2.74. The van der Waals surface area contributed by atoms with Crippen LogP contribution >= 0.6 is 22.9 Å². The molecule has 0 radical (unpaired) electrons. The molecule has 0 atom stereocenters. The van der Waals surface area contributed by atoms with Crippen molar-refractivity contribution >= 4 is 38.9 Å². The second-order valence-electron chi connectivity index (χ2n) is 4.40. The Morgan fingerprint density at radius 3 is 2.85 bits per heavy atom. The molecular formula is C14H15ClFNO2S. The number of benzene rings is 1. The van der Waals surface area contributed by atoms with Gasteiger partial charge >= 0.3 is 0 Å². The van der Waals surface area contributed by atoms with E-state index >= 15 is 0 Å². The van der Waals surface area contributed by atoms with Crippen LogP contribution in [0.15, 0.2) is 18.2 Å². The van der Waals surface area contributed by atoms with E-state index in [4.69, 9.17) is 16.7 Å². The van der Waals surface area contributed by atoms with Gasteiger partial charge in [0.1, 0.15) is 10.7 Å². The zero-order valence-electron chi connectivity index (χ0n) is 11.0. The van der Waals surface area contributed by atoms with E-state index < -0.39 is 0 Å². The first-order chi connectivity index (χ1) is 9.58. The summed E-state index contributed by atoms with van der Waals surface area (Å²) in [4.78, 5) is 14.4. The van der Waals surface area contributed by atoms with Crippen LogP contribution < -0.4 is 0 Å². The molecule has 0 saturated heterocycles. The molecule has 6 heteroatoms. The molecule has 1 amide bonds. The molecule has 1 N–H and O–H groups in total. The minimum atomic E-state index is -0.352. The van der Waals surface area contributed by atoms with Crippen LogP contribution in [0.4, 0.5) is 4.39 Å². The molecule has 1 aromatic carbocycles. The van der Waals surface area contributed by atoms with Crippen LogP contribution in [0.2, 0.25) is 5.02 Å². The van der Waals surface area contributed by atoms with Crippen LogP contribution in [0.25, 0.3) is 10.1 Å². The zero-order valence-corrected chi connectivity index (χ0v) is 12.6. The van der Waals surface area contributed by atoms with Crippen molar-refractivity contribution in [3.05, 3.63) is 33.9 Å². The van der Waals surface area contributed by atoms with Crippen LogP contribution in [0.5, 0.6) is 0 Å². The highest BCUT2D eigenvalue weighted by atomic mass is 35.5. The summed E-state index contributed by atoms with van der Waals surface area (Å²) in [5.74, 6) is -0.567. The van der Waals surface area contributed by atoms with Gasteiger partial charge in [-0.25, -0.2) is 4.39 Å². The van der Waals surface area contributed by atoms with Gasteiger partial charge in [-0.2, -0.15) is 0 Å².